The highest BCUT2D eigenvalue weighted by atomic mass is 79.9. The maximum Gasteiger partial charge on any atom is 0.224 e. The van der Waals surface area contributed by atoms with E-state index in [9.17, 15) is 10.2 Å². The average Bonchev–Trinajstić information content (AvgIpc) is 2.45. The van der Waals surface area contributed by atoms with Gasteiger partial charge in [-0.15, -0.1) is 0 Å². The number of hydrogen-bond donors (Lipinski definition) is 4. The number of nitrogens with zero attached hydrogens (tertiary/aromatic N) is 2. The van der Waals surface area contributed by atoms with Gasteiger partial charge in [-0.05, 0) is 28.8 Å². The Bertz CT molecular complexity index is 391. The average molecular weight is 333 g/mol. The quantitative estimate of drug-likeness (QED) is 0.578. The molecule has 0 fully saturated rings. The lowest BCUT2D eigenvalue weighted by Crippen LogP contribution is -2.45. The molecule has 4 N–H and O–H groups in total. The van der Waals surface area contributed by atoms with E-state index in [4.69, 9.17) is 0 Å². The Labute approximate surface area is 121 Å². The normalized spacial score (nSPS) is 11.4. The third-order valence-electron chi connectivity index (χ3n) is 2.94. The number of nitrogens with one attached hydrogen (secondary N) is 2. The van der Waals surface area contributed by atoms with Crippen molar-refractivity contribution in [3.8, 4) is 0 Å². The van der Waals surface area contributed by atoms with E-state index >= 15 is 0 Å². The molecule has 0 aliphatic rings. The SMILES string of the molecule is CCCNc1ncc(Br)c(NC(CC)(CO)CO)n1. The highest BCUT2D eigenvalue weighted by molar-refractivity contribution is 9.10. The van der Waals surface area contributed by atoms with Crippen molar-refractivity contribution in [2.75, 3.05) is 30.4 Å². The summed E-state index contributed by atoms with van der Waals surface area (Å²) in [6.45, 7) is 4.40. The van der Waals surface area contributed by atoms with Crippen molar-refractivity contribution >= 4 is 27.7 Å². The van der Waals surface area contributed by atoms with Crippen molar-refractivity contribution in [3.05, 3.63) is 10.7 Å². The fraction of sp³-hybridized carbons (Fsp3) is 0.667. The molecule has 0 saturated carbocycles. The first kappa shape index (κ1) is 16.1. The molecule has 19 heavy (non-hydrogen) atoms. The standard InChI is InChI=1S/C12H21BrN4O2/c1-3-5-14-11-15-6-9(13)10(16-11)17-12(4-2,7-18)8-19/h6,18-19H,3-5,7-8H2,1-2H3,(H2,14,15,16,17). The second-order valence-electron chi connectivity index (χ2n) is 4.39. The van der Waals surface area contributed by atoms with E-state index in [2.05, 4.69) is 43.5 Å². The summed E-state index contributed by atoms with van der Waals surface area (Å²) in [7, 11) is 0. The fourth-order valence-electron chi connectivity index (χ4n) is 1.47. The number of aliphatic hydroxyl groups excluding tert-OH is 2. The number of aliphatic hydroxyl groups is 2. The lowest BCUT2D eigenvalue weighted by Gasteiger charge is -2.30. The zero-order valence-corrected chi connectivity index (χ0v) is 12.9. The summed E-state index contributed by atoms with van der Waals surface area (Å²) in [6.07, 6.45) is 3.20. The number of aromatic nitrogens is 2. The third kappa shape index (κ3) is 4.29. The van der Waals surface area contributed by atoms with Gasteiger partial charge in [0.25, 0.3) is 0 Å². The number of anilines is 2. The van der Waals surface area contributed by atoms with Crippen LogP contribution in [0.15, 0.2) is 10.7 Å². The second-order valence-corrected chi connectivity index (χ2v) is 5.25. The van der Waals surface area contributed by atoms with Crippen LogP contribution in [0.1, 0.15) is 26.7 Å². The molecule has 108 valence electrons. The van der Waals surface area contributed by atoms with Crippen LogP contribution in [-0.4, -0.2) is 45.5 Å². The minimum Gasteiger partial charge on any atom is -0.394 e. The van der Waals surface area contributed by atoms with Crippen LogP contribution < -0.4 is 10.6 Å². The van der Waals surface area contributed by atoms with E-state index in [1.165, 1.54) is 0 Å². The monoisotopic (exact) mass is 332 g/mol. The molecule has 0 aromatic carbocycles. The molecular weight excluding hydrogens is 312 g/mol. The van der Waals surface area contributed by atoms with Crippen LogP contribution >= 0.6 is 15.9 Å². The smallest absolute Gasteiger partial charge is 0.224 e. The van der Waals surface area contributed by atoms with E-state index in [0.717, 1.165) is 13.0 Å². The van der Waals surface area contributed by atoms with Gasteiger partial charge in [0.2, 0.25) is 5.95 Å². The minimum atomic E-state index is -0.779. The van der Waals surface area contributed by atoms with Crippen LogP contribution in [0.2, 0.25) is 0 Å². The van der Waals surface area contributed by atoms with Gasteiger partial charge in [-0.2, -0.15) is 4.98 Å². The molecule has 0 saturated heterocycles. The van der Waals surface area contributed by atoms with E-state index in [1.54, 1.807) is 6.20 Å². The third-order valence-corrected chi connectivity index (χ3v) is 3.52. The summed E-state index contributed by atoms with van der Waals surface area (Å²) in [5.41, 5.74) is -0.779. The van der Waals surface area contributed by atoms with E-state index in [0.29, 0.717) is 22.7 Å². The highest BCUT2D eigenvalue weighted by Crippen LogP contribution is 2.25. The highest BCUT2D eigenvalue weighted by Gasteiger charge is 2.27. The van der Waals surface area contributed by atoms with E-state index < -0.39 is 5.54 Å². The minimum absolute atomic E-state index is 0.172. The van der Waals surface area contributed by atoms with Gasteiger partial charge in [-0.25, -0.2) is 4.98 Å². The number of rotatable bonds is 8. The van der Waals surface area contributed by atoms with Crippen molar-refractivity contribution in [3.63, 3.8) is 0 Å². The van der Waals surface area contributed by atoms with Crippen molar-refractivity contribution in [2.45, 2.75) is 32.2 Å². The summed E-state index contributed by atoms with van der Waals surface area (Å²) in [4.78, 5) is 8.49. The van der Waals surface area contributed by atoms with Crippen molar-refractivity contribution in [1.82, 2.24) is 9.97 Å². The summed E-state index contributed by atoms with van der Waals surface area (Å²) in [5.74, 6) is 1.08. The van der Waals surface area contributed by atoms with Gasteiger partial charge >= 0.3 is 0 Å². The molecule has 1 aromatic heterocycles. The van der Waals surface area contributed by atoms with E-state index in [-0.39, 0.29) is 13.2 Å². The fourth-order valence-corrected chi connectivity index (χ4v) is 1.76. The van der Waals surface area contributed by atoms with Crippen LogP contribution in [0.25, 0.3) is 0 Å². The Balaban J connectivity index is 2.92. The molecule has 0 bridgehead atoms. The Kier molecular flexibility index (Phi) is 6.47. The molecule has 0 amide bonds. The van der Waals surface area contributed by atoms with Crippen LogP contribution in [0.4, 0.5) is 11.8 Å². The largest absolute Gasteiger partial charge is 0.394 e. The first-order valence-corrected chi connectivity index (χ1v) is 7.16. The number of halogens is 1. The van der Waals surface area contributed by atoms with Crippen LogP contribution in [0, 0.1) is 0 Å². The van der Waals surface area contributed by atoms with Crippen molar-refractivity contribution in [1.29, 1.82) is 0 Å². The summed E-state index contributed by atoms with van der Waals surface area (Å²) < 4.78 is 0.689. The molecule has 1 heterocycles. The molecule has 0 spiro atoms. The van der Waals surface area contributed by atoms with Crippen molar-refractivity contribution in [2.24, 2.45) is 0 Å². The van der Waals surface area contributed by atoms with Crippen molar-refractivity contribution < 1.29 is 10.2 Å². The van der Waals surface area contributed by atoms with Gasteiger partial charge in [-0.3, -0.25) is 0 Å². The molecule has 0 aliphatic heterocycles. The van der Waals surface area contributed by atoms with Gasteiger partial charge in [0.15, 0.2) is 0 Å². The Morgan fingerprint density at radius 3 is 2.53 bits per heavy atom. The first-order chi connectivity index (χ1) is 9.10. The summed E-state index contributed by atoms with van der Waals surface area (Å²) >= 11 is 3.36. The lowest BCUT2D eigenvalue weighted by molar-refractivity contribution is 0.132. The Hall–Kier alpha value is -0.920. The van der Waals surface area contributed by atoms with Crippen LogP contribution in [0.5, 0.6) is 0 Å². The Morgan fingerprint density at radius 1 is 1.32 bits per heavy atom. The maximum absolute atomic E-state index is 9.44. The molecule has 1 rings (SSSR count). The predicted octanol–water partition coefficient (Wildman–Crippen LogP) is 1.61. The molecule has 7 heteroatoms. The zero-order valence-electron chi connectivity index (χ0n) is 11.3. The maximum atomic E-state index is 9.44. The molecule has 6 nitrogen and oxygen atoms in total. The Morgan fingerprint density at radius 2 is 2.00 bits per heavy atom. The van der Waals surface area contributed by atoms with E-state index in [1.807, 2.05) is 6.92 Å². The second kappa shape index (κ2) is 7.62. The molecule has 0 aliphatic carbocycles. The summed E-state index contributed by atoms with van der Waals surface area (Å²) in [5, 5.41) is 25.1. The molecule has 1 aromatic rings. The van der Waals surface area contributed by atoms with Gasteiger partial charge in [0.1, 0.15) is 5.82 Å². The predicted molar refractivity (Wildman–Crippen MR) is 79.3 cm³/mol. The van der Waals surface area contributed by atoms with Gasteiger partial charge in [0.05, 0.1) is 23.2 Å². The molecular formula is C12H21BrN4O2. The molecule has 0 atom stereocenters. The zero-order chi connectivity index (χ0) is 14.3. The topological polar surface area (TPSA) is 90.3 Å². The van der Waals surface area contributed by atoms with Crippen LogP contribution in [0.3, 0.4) is 0 Å². The summed E-state index contributed by atoms with van der Waals surface area (Å²) in [6, 6.07) is 0. The lowest BCUT2D eigenvalue weighted by atomic mass is 9.98. The van der Waals surface area contributed by atoms with Crippen LogP contribution in [-0.2, 0) is 0 Å². The van der Waals surface area contributed by atoms with Gasteiger partial charge < -0.3 is 20.8 Å². The molecule has 0 unspecified atom stereocenters. The number of hydrogen-bond acceptors (Lipinski definition) is 6. The molecule has 0 radical (unpaired) electrons. The van der Waals surface area contributed by atoms with Gasteiger partial charge in [-0.1, -0.05) is 13.8 Å². The van der Waals surface area contributed by atoms with Gasteiger partial charge in [0, 0.05) is 12.7 Å². The first-order valence-electron chi connectivity index (χ1n) is 6.37.